The Hall–Kier alpha value is -2.03. The van der Waals surface area contributed by atoms with Crippen molar-refractivity contribution in [1.29, 1.82) is 0 Å². The van der Waals surface area contributed by atoms with Gasteiger partial charge >= 0.3 is 0 Å². The van der Waals surface area contributed by atoms with Crippen molar-refractivity contribution < 1.29 is 14.1 Å². The maximum atomic E-state index is 13.8. The second kappa shape index (κ2) is 13.2. The number of hydrogen-bond donors (Lipinski definition) is 1. The van der Waals surface area contributed by atoms with Gasteiger partial charge in [0.25, 0.3) is 6.47 Å². The highest BCUT2D eigenvalue weighted by Gasteiger charge is 2.33. The summed E-state index contributed by atoms with van der Waals surface area (Å²) >= 11 is 1.80. The lowest BCUT2D eigenvalue weighted by atomic mass is 10.1. The number of likely N-dealkylation sites (N-methyl/N-ethyl adjacent to an activating group) is 1. The molecule has 2 unspecified atom stereocenters. The Kier molecular flexibility index (Phi) is 10.3. The number of benzene rings is 2. The zero-order chi connectivity index (χ0) is 24.5. The number of carboxylic acid groups (broad SMARTS) is 1. The molecule has 0 bridgehead atoms. The number of hydrogen-bond acceptors (Lipinski definition) is 5. The predicted octanol–water partition coefficient (Wildman–Crippen LogP) is 5.76. The van der Waals surface area contributed by atoms with Gasteiger partial charge in [0.05, 0.1) is 16.3 Å². The summed E-state index contributed by atoms with van der Waals surface area (Å²) in [5.74, 6) is 0. The number of para-hydroxylation sites is 1. The molecular weight excluding hydrogens is 466 g/mol. The average Bonchev–Trinajstić information content (AvgIpc) is 2.98. The van der Waals surface area contributed by atoms with E-state index in [2.05, 4.69) is 69.7 Å². The topological polar surface area (TPSA) is 64.1 Å². The number of rotatable bonds is 6. The van der Waals surface area contributed by atoms with Crippen LogP contribution in [-0.2, 0) is 15.8 Å². The van der Waals surface area contributed by atoms with Gasteiger partial charge < -0.3 is 14.9 Å². The van der Waals surface area contributed by atoms with Gasteiger partial charge in [-0.1, -0.05) is 38.0 Å². The molecule has 2 aromatic carbocycles. The van der Waals surface area contributed by atoms with E-state index in [9.17, 15) is 4.21 Å². The highest BCUT2D eigenvalue weighted by Crippen LogP contribution is 2.43. The summed E-state index contributed by atoms with van der Waals surface area (Å²) in [5, 5.41) is 6.89. The molecule has 2 heterocycles. The summed E-state index contributed by atoms with van der Waals surface area (Å²) in [5.41, 5.74) is 3.53. The number of unbranched alkanes of at least 4 members (excludes halogenated alkanes) is 1. The molecule has 2 aliphatic rings. The number of piperidine rings is 1. The van der Waals surface area contributed by atoms with Crippen molar-refractivity contribution in [3.05, 3.63) is 42.5 Å². The van der Waals surface area contributed by atoms with Crippen LogP contribution < -0.4 is 9.80 Å². The van der Waals surface area contributed by atoms with Crippen molar-refractivity contribution in [3.63, 3.8) is 0 Å². The summed E-state index contributed by atoms with van der Waals surface area (Å²) in [6, 6.07) is 15.4. The molecule has 4 rings (SSSR count). The normalized spacial score (nSPS) is 20.7. The molecule has 0 aromatic heterocycles. The smallest absolute Gasteiger partial charge is 0.290 e. The van der Waals surface area contributed by atoms with Crippen LogP contribution in [0.25, 0.3) is 0 Å². The largest absolute Gasteiger partial charge is 0.483 e. The van der Waals surface area contributed by atoms with Gasteiger partial charge in [0, 0.05) is 43.3 Å². The second-order valence-electron chi connectivity index (χ2n) is 8.68. The lowest BCUT2D eigenvalue weighted by Gasteiger charge is -2.32. The quantitative estimate of drug-likeness (QED) is 0.399. The molecule has 0 spiro atoms. The van der Waals surface area contributed by atoms with Crippen LogP contribution in [0, 0.1) is 0 Å². The van der Waals surface area contributed by atoms with Gasteiger partial charge in [-0.05, 0) is 56.2 Å². The van der Waals surface area contributed by atoms with Crippen molar-refractivity contribution in [2.45, 2.75) is 61.3 Å². The first-order valence-corrected chi connectivity index (χ1v) is 14.4. The van der Waals surface area contributed by atoms with E-state index >= 15 is 0 Å². The lowest BCUT2D eigenvalue weighted by molar-refractivity contribution is -0.122. The van der Waals surface area contributed by atoms with Gasteiger partial charge in [0.2, 0.25) is 0 Å². The van der Waals surface area contributed by atoms with Crippen LogP contribution in [0.2, 0.25) is 0 Å². The SMILES string of the molecule is CCCCC1CN(c2ccccc2)c2cc(SC)c(N3CCCCC3)cc2S(=O)N1C.O=CO. The van der Waals surface area contributed by atoms with Crippen LogP contribution in [0.1, 0.15) is 45.4 Å². The summed E-state index contributed by atoms with van der Waals surface area (Å²) in [4.78, 5) is 15.5. The van der Waals surface area contributed by atoms with Crippen LogP contribution in [0.5, 0.6) is 0 Å². The summed E-state index contributed by atoms with van der Waals surface area (Å²) < 4.78 is 15.9. The third kappa shape index (κ3) is 6.15. The molecule has 0 radical (unpaired) electrons. The Labute approximate surface area is 210 Å². The maximum absolute atomic E-state index is 13.8. The van der Waals surface area contributed by atoms with Crippen LogP contribution in [-0.4, -0.2) is 59.1 Å². The number of nitrogens with zero attached hydrogens (tertiary/aromatic N) is 3. The molecule has 0 saturated carbocycles. The van der Waals surface area contributed by atoms with Gasteiger partial charge in [0.1, 0.15) is 11.0 Å². The maximum Gasteiger partial charge on any atom is 0.290 e. The standard InChI is InChI=1S/C25H35N3OS2.CH2O2/c1-4-5-12-21-19-28(20-13-8-6-9-14-20)23-17-24(30-3)22(27-15-10-7-11-16-27)18-25(23)31(29)26(21)2;2-1-3/h6,8-9,13-14,17-18,21H,4-5,7,10-12,15-16,19H2,1-3H3;1H,(H,2,3). The van der Waals surface area contributed by atoms with Crippen LogP contribution in [0.3, 0.4) is 0 Å². The fraction of sp³-hybridized carbons (Fsp3) is 0.500. The fourth-order valence-corrected chi connectivity index (χ4v) is 6.65. The van der Waals surface area contributed by atoms with E-state index in [0.717, 1.165) is 49.5 Å². The van der Waals surface area contributed by atoms with E-state index in [-0.39, 0.29) is 12.5 Å². The van der Waals surface area contributed by atoms with Crippen molar-refractivity contribution in [1.82, 2.24) is 4.31 Å². The highest BCUT2D eigenvalue weighted by molar-refractivity contribution is 7.98. The van der Waals surface area contributed by atoms with Crippen LogP contribution in [0.15, 0.2) is 52.3 Å². The Morgan fingerprint density at radius 1 is 1.12 bits per heavy atom. The van der Waals surface area contributed by atoms with E-state index < -0.39 is 11.0 Å². The molecule has 2 aliphatic heterocycles. The van der Waals surface area contributed by atoms with Crippen molar-refractivity contribution in [2.24, 2.45) is 0 Å². The first-order chi connectivity index (χ1) is 16.5. The van der Waals surface area contributed by atoms with Crippen molar-refractivity contribution >= 4 is 46.3 Å². The van der Waals surface area contributed by atoms with Gasteiger partial charge in [-0.3, -0.25) is 4.79 Å². The van der Waals surface area contributed by atoms with Gasteiger partial charge in [0.15, 0.2) is 0 Å². The predicted molar refractivity (Wildman–Crippen MR) is 144 cm³/mol. The monoisotopic (exact) mass is 503 g/mol. The molecule has 0 aliphatic carbocycles. The second-order valence-corrected chi connectivity index (χ2v) is 11.0. The van der Waals surface area contributed by atoms with Crippen molar-refractivity contribution in [3.8, 4) is 0 Å². The molecule has 1 N–H and O–H groups in total. The van der Waals surface area contributed by atoms with Gasteiger partial charge in [-0.15, -0.1) is 11.8 Å². The Morgan fingerprint density at radius 2 is 1.79 bits per heavy atom. The molecule has 8 heteroatoms. The van der Waals surface area contributed by atoms with E-state index in [1.165, 1.54) is 35.5 Å². The summed E-state index contributed by atoms with van der Waals surface area (Å²) in [7, 11) is 0.865. The third-order valence-corrected chi connectivity index (χ3v) is 8.86. The number of anilines is 3. The fourth-order valence-electron chi connectivity index (χ4n) is 4.71. The zero-order valence-corrected chi connectivity index (χ0v) is 22.1. The number of thioether (sulfide) groups is 1. The Morgan fingerprint density at radius 3 is 2.41 bits per heavy atom. The highest BCUT2D eigenvalue weighted by atomic mass is 32.2. The molecular formula is C26H37N3O3S2. The molecule has 2 aromatic rings. The van der Waals surface area contributed by atoms with Gasteiger partial charge in [-0.25, -0.2) is 8.51 Å². The van der Waals surface area contributed by atoms with E-state index in [4.69, 9.17) is 9.90 Å². The molecule has 34 heavy (non-hydrogen) atoms. The van der Waals surface area contributed by atoms with E-state index in [1.54, 1.807) is 11.8 Å². The van der Waals surface area contributed by atoms with E-state index in [1.807, 2.05) is 7.05 Å². The molecule has 2 atom stereocenters. The Bertz CT molecular complexity index is 952. The molecule has 1 fully saturated rings. The van der Waals surface area contributed by atoms with Gasteiger partial charge in [-0.2, -0.15) is 0 Å². The lowest BCUT2D eigenvalue weighted by Crippen LogP contribution is -2.38. The number of fused-ring (bicyclic) bond motifs is 1. The van der Waals surface area contributed by atoms with E-state index in [0.29, 0.717) is 0 Å². The summed E-state index contributed by atoms with van der Waals surface area (Å²) in [6.45, 7) is 5.02. The minimum Gasteiger partial charge on any atom is -0.483 e. The minimum absolute atomic E-state index is 0.250. The van der Waals surface area contributed by atoms with Crippen molar-refractivity contribution in [2.75, 3.05) is 42.7 Å². The minimum atomic E-state index is -1.17. The summed E-state index contributed by atoms with van der Waals surface area (Å²) in [6.07, 6.45) is 9.32. The molecule has 1 saturated heterocycles. The van der Waals surface area contributed by atoms with Crippen LogP contribution in [0.4, 0.5) is 17.1 Å². The number of carbonyl (C=O) groups is 1. The van der Waals surface area contributed by atoms with Crippen LogP contribution >= 0.6 is 11.8 Å². The third-order valence-electron chi connectivity index (χ3n) is 6.56. The molecule has 186 valence electrons. The molecule has 0 amide bonds. The first-order valence-electron chi connectivity index (χ1n) is 12.1. The average molecular weight is 504 g/mol. The zero-order valence-electron chi connectivity index (χ0n) is 20.5. The Balaban J connectivity index is 0.00000103. The molecule has 6 nitrogen and oxygen atoms in total. The first kappa shape index (κ1) is 26.6.